The van der Waals surface area contributed by atoms with Crippen LogP contribution < -0.4 is 5.32 Å². The molecule has 2 rings (SSSR count). The molecule has 22 heavy (non-hydrogen) atoms. The van der Waals surface area contributed by atoms with Crippen LogP contribution in [0.4, 0.5) is 4.79 Å². The van der Waals surface area contributed by atoms with Gasteiger partial charge in [-0.3, -0.25) is 4.79 Å². The van der Waals surface area contributed by atoms with E-state index >= 15 is 0 Å². The zero-order valence-electron chi connectivity index (χ0n) is 14.5. The summed E-state index contributed by atoms with van der Waals surface area (Å²) in [6.45, 7) is 11.4. The SMILES string of the molecule is CCN(C(=O)NCC1CCN(C(C)=O)CC1)C1CC(C)(C)C1. The predicted molar refractivity (Wildman–Crippen MR) is 87.6 cm³/mol. The van der Waals surface area contributed by atoms with Gasteiger partial charge >= 0.3 is 6.03 Å². The van der Waals surface area contributed by atoms with Crippen molar-refractivity contribution in [3.8, 4) is 0 Å². The molecule has 1 heterocycles. The van der Waals surface area contributed by atoms with E-state index in [1.54, 1.807) is 6.92 Å². The topological polar surface area (TPSA) is 52.7 Å². The lowest BCUT2D eigenvalue weighted by Gasteiger charge is -2.48. The van der Waals surface area contributed by atoms with Crippen LogP contribution in [0.2, 0.25) is 0 Å². The predicted octanol–water partition coefficient (Wildman–Crippen LogP) is 2.46. The summed E-state index contributed by atoms with van der Waals surface area (Å²) in [5.74, 6) is 0.656. The Bertz CT molecular complexity index is 406. The van der Waals surface area contributed by atoms with Crippen molar-refractivity contribution in [1.82, 2.24) is 15.1 Å². The lowest BCUT2D eigenvalue weighted by molar-refractivity contribution is -0.130. The highest BCUT2D eigenvalue weighted by Gasteiger charge is 2.40. The molecule has 0 unspecified atom stereocenters. The number of rotatable bonds is 4. The molecule has 5 heteroatoms. The lowest BCUT2D eigenvalue weighted by Crippen LogP contribution is -2.54. The summed E-state index contributed by atoms with van der Waals surface area (Å²) in [5, 5.41) is 3.11. The third-order valence-electron chi connectivity index (χ3n) is 5.22. The second kappa shape index (κ2) is 6.88. The van der Waals surface area contributed by atoms with Gasteiger partial charge < -0.3 is 15.1 Å². The molecule has 0 bridgehead atoms. The zero-order valence-corrected chi connectivity index (χ0v) is 14.5. The van der Waals surface area contributed by atoms with Crippen molar-refractivity contribution in [2.75, 3.05) is 26.2 Å². The second-order valence-electron chi connectivity index (χ2n) is 7.65. The quantitative estimate of drug-likeness (QED) is 0.867. The van der Waals surface area contributed by atoms with Gasteiger partial charge in [0.15, 0.2) is 0 Å². The smallest absolute Gasteiger partial charge is 0.317 e. The molecule has 0 aromatic heterocycles. The molecule has 1 aliphatic carbocycles. The first kappa shape index (κ1) is 17.1. The standard InChI is InChI=1S/C17H31N3O2/c1-5-20(15-10-17(3,4)11-15)16(22)18-12-14-6-8-19(9-7-14)13(2)21/h14-15H,5-12H2,1-4H3,(H,18,22). The van der Waals surface area contributed by atoms with Gasteiger partial charge in [0.1, 0.15) is 0 Å². The number of piperidine rings is 1. The van der Waals surface area contributed by atoms with Gasteiger partial charge in [-0.15, -0.1) is 0 Å². The summed E-state index contributed by atoms with van der Waals surface area (Å²) in [7, 11) is 0. The molecule has 2 fully saturated rings. The fourth-order valence-electron chi connectivity index (χ4n) is 3.79. The second-order valence-corrected chi connectivity index (χ2v) is 7.65. The molecule has 126 valence electrons. The molecule has 5 nitrogen and oxygen atoms in total. The summed E-state index contributed by atoms with van der Waals surface area (Å²) in [4.78, 5) is 27.6. The normalized spacial score (nSPS) is 22.1. The van der Waals surface area contributed by atoms with E-state index < -0.39 is 0 Å². The van der Waals surface area contributed by atoms with Crippen molar-refractivity contribution >= 4 is 11.9 Å². The van der Waals surface area contributed by atoms with Crippen molar-refractivity contribution in [2.24, 2.45) is 11.3 Å². The molecule has 1 N–H and O–H groups in total. The first-order valence-corrected chi connectivity index (χ1v) is 8.62. The van der Waals surface area contributed by atoms with Gasteiger partial charge in [-0.2, -0.15) is 0 Å². The van der Waals surface area contributed by atoms with E-state index in [2.05, 4.69) is 26.1 Å². The third-order valence-corrected chi connectivity index (χ3v) is 5.22. The Morgan fingerprint density at radius 3 is 2.27 bits per heavy atom. The van der Waals surface area contributed by atoms with E-state index in [0.29, 0.717) is 17.4 Å². The maximum atomic E-state index is 12.4. The Morgan fingerprint density at radius 2 is 1.82 bits per heavy atom. The van der Waals surface area contributed by atoms with Crippen LogP contribution in [0.1, 0.15) is 53.4 Å². The zero-order chi connectivity index (χ0) is 16.3. The Morgan fingerprint density at radius 1 is 1.23 bits per heavy atom. The van der Waals surface area contributed by atoms with E-state index in [0.717, 1.165) is 51.9 Å². The highest BCUT2D eigenvalue weighted by Crippen LogP contribution is 2.42. The minimum atomic E-state index is 0.0806. The van der Waals surface area contributed by atoms with Crippen LogP contribution in [0.25, 0.3) is 0 Å². The van der Waals surface area contributed by atoms with Gasteiger partial charge in [0, 0.05) is 39.1 Å². The van der Waals surface area contributed by atoms with Crippen LogP contribution in [0.15, 0.2) is 0 Å². The highest BCUT2D eigenvalue weighted by atomic mass is 16.2. The molecule has 1 aliphatic heterocycles. The molecule has 3 amide bonds. The van der Waals surface area contributed by atoms with E-state index in [-0.39, 0.29) is 11.9 Å². The van der Waals surface area contributed by atoms with Gasteiger partial charge in [0.05, 0.1) is 0 Å². The number of nitrogens with zero attached hydrogens (tertiary/aromatic N) is 2. The monoisotopic (exact) mass is 309 g/mol. The molecular formula is C17H31N3O2. The van der Waals surface area contributed by atoms with Crippen LogP contribution in [0.3, 0.4) is 0 Å². The van der Waals surface area contributed by atoms with E-state index in [4.69, 9.17) is 0 Å². The molecule has 0 atom stereocenters. The van der Waals surface area contributed by atoms with Crippen LogP contribution in [0, 0.1) is 11.3 Å². The van der Waals surface area contributed by atoms with Crippen LogP contribution in [-0.2, 0) is 4.79 Å². The number of hydrogen-bond acceptors (Lipinski definition) is 2. The van der Waals surface area contributed by atoms with Gasteiger partial charge in [0.25, 0.3) is 0 Å². The average Bonchev–Trinajstić information content (AvgIpc) is 2.44. The van der Waals surface area contributed by atoms with Crippen LogP contribution in [0.5, 0.6) is 0 Å². The molecule has 0 spiro atoms. The summed E-state index contributed by atoms with van der Waals surface area (Å²) in [6, 6.07) is 0.483. The largest absolute Gasteiger partial charge is 0.343 e. The van der Waals surface area contributed by atoms with Crippen molar-refractivity contribution in [1.29, 1.82) is 0 Å². The van der Waals surface area contributed by atoms with Gasteiger partial charge in [-0.05, 0) is 43.9 Å². The summed E-state index contributed by atoms with van der Waals surface area (Å²) in [5.41, 5.74) is 0.387. The molecule has 1 saturated heterocycles. The van der Waals surface area contributed by atoms with Crippen molar-refractivity contribution in [2.45, 2.75) is 59.4 Å². The molecular weight excluding hydrogens is 278 g/mol. The van der Waals surface area contributed by atoms with Gasteiger partial charge in [0.2, 0.25) is 5.91 Å². The summed E-state index contributed by atoms with van der Waals surface area (Å²) < 4.78 is 0. The number of amides is 3. The summed E-state index contributed by atoms with van der Waals surface area (Å²) in [6.07, 6.45) is 4.18. The van der Waals surface area contributed by atoms with Crippen molar-refractivity contribution in [3.05, 3.63) is 0 Å². The number of likely N-dealkylation sites (tertiary alicyclic amines) is 1. The fourth-order valence-corrected chi connectivity index (χ4v) is 3.79. The molecule has 2 aliphatic rings. The Hall–Kier alpha value is -1.26. The van der Waals surface area contributed by atoms with Crippen LogP contribution in [-0.4, -0.2) is 54.0 Å². The number of carbonyl (C=O) groups excluding carboxylic acids is 2. The Kier molecular flexibility index (Phi) is 5.35. The molecule has 0 aromatic carbocycles. The number of carbonyl (C=O) groups is 2. The minimum absolute atomic E-state index is 0.0806. The fraction of sp³-hybridized carbons (Fsp3) is 0.882. The van der Waals surface area contributed by atoms with Crippen molar-refractivity contribution in [3.63, 3.8) is 0 Å². The van der Waals surface area contributed by atoms with Crippen molar-refractivity contribution < 1.29 is 9.59 Å². The first-order chi connectivity index (χ1) is 10.3. The highest BCUT2D eigenvalue weighted by molar-refractivity contribution is 5.74. The van der Waals surface area contributed by atoms with E-state index in [9.17, 15) is 9.59 Å². The first-order valence-electron chi connectivity index (χ1n) is 8.62. The van der Waals surface area contributed by atoms with E-state index in [1.165, 1.54) is 0 Å². The van der Waals surface area contributed by atoms with Gasteiger partial charge in [-0.25, -0.2) is 4.79 Å². The Labute approximate surface area is 134 Å². The number of hydrogen-bond donors (Lipinski definition) is 1. The summed E-state index contributed by atoms with van der Waals surface area (Å²) >= 11 is 0. The average molecular weight is 309 g/mol. The Balaban J connectivity index is 1.72. The van der Waals surface area contributed by atoms with Gasteiger partial charge in [-0.1, -0.05) is 13.8 Å². The number of nitrogens with one attached hydrogen (secondary N) is 1. The minimum Gasteiger partial charge on any atom is -0.343 e. The third kappa shape index (κ3) is 4.14. The van der Waals surface area contributed by atoms with E-state index in [1.807, 2.05) is 9.80 Å². The molecule has 1 saturated carbocycles. The lowest BCUT2D eigenvalue weighted by atomic mass is 9.68. The number of urea groups is 1. The maximum Gasteiger partial charge on any atom is 0.317 e. The molecule has 0 radical (unpaired) electrons. The molecule has 0 aromatic rings. The maximum absolute atomic E-state index is 12.4. The van der Waals surface area contributed by atoms with Crippen LogP contribution >= 0.6 is 0 Å².